The highest BCUT2D eigenvalue weighted by molar-refractivity contribution is 14.0. The van der Waals surface area contributed by atoms with Gasteiger partial charge in [0, 0.05) is 38.7 Å². The molecule has 2 saturated heterocycles. The third-order valence-corrected chi connectivity index (χ3v) is 5.40. The smallest absolute Gasteiger partial charge is 0.193 e. The van der Waals surface area contributed by atoms with Crippen LogP contribution in [0.3, 0.4) is 0 Å². The Morgan fingerprint density at radius 1 is 1.20 bits per heavy atom. The van der Waals surface area contributed by atoms with Crippen molar-refractivity contribution in [3.63, 3.8) is 0 Å². The zero-order chi connectivity index (χ0) is 16.4. The van der Waals surface area contributed by atoms with Crippen LogP contribution < -0.4 is 5.32 Å². The van der Waals surface area contributed by atoms with Crippen molar-refractivity contribution < 1.29 is 4.74 Å². The highest BCUT2D eigenvalue weighted by Gasteiger charge is 2.42. The van der Waals surface area contributed by atoms with Gasteiger partial charge >= 0.3 is 0 Å². The molecule has 134 valence electrons. The van der Waals surface area contributed by atoms with Crippen LogP contribution in [0.1, 0.15) is 18.4 Å². The lowest BCUT2D eigenvalue weighted by Crippen LogP contribution is -2.41. The second-order valence-electron chi connectivity index (χ2n) is 7.06. The number of ether oxygens (including phenoxy) is 1. The van der Waals surface area contributed by atoms with Gasteiger partial charge in [0.2, 0.25) is 0 Å². The average molecular weight is 451 g/mol. The summed E-state index contributed by atoms with van der Waals surface area (Å²) in [5, 5.41) is 6.11. The summed E-state index contributed by atoms with van der Waals surface area (Å²) in [4.78, 5) is 6.88. The fourth-order valence-corrected chi connectivity index (χ4v) is 3.95. The van der Waals surface area contributed by atoms with Crippen molar-refractivity contribution in [2.24, 2.45) is 10.4 Å². The molecule has 1 N–H and O–H groups in total. The maximum atomic E-state index is 5.63. The molecule has 0 aliphatic carbocycles. The normalized spacial score (nSPS) is 23.2. The third-order valence-electron chi connectivity index (χ3n) is 5.40. The number of hydrogen-bond donors (Lipinski definition) is 1. The summed E-state index contributed by atoms with van der Waals surface area (Å²) in [6.07, 6.45) is 2.40. The Balaban J connectivity index is 0.00000182. The highest BCUT2D eigenvalue weighted by Crippen LogP contribution is 2.38. The van der Waals surface area contributed by atoms with Gasteiger partial charge < -0.3 is 15.0 Å². The summed E-state index contributed by atoms with van der Waals surface area (Å²) in [5.74, 6) is 1.01. The zero-order valence-electron chi connectivity index (χ0n) is 14.7. The number of rotatable bonds is 2. The van der Waals surface area contributed by atoms with E-state index in [1.54, 1.807) is 0 Å². The van der Waals surface area contributed by atoms with Crippen molar-refractivity contribution >= 4 is 40.7 Å². The van der Waals surface area contributed by atoms with E-state index >= 15 is 0 Å². The number of fused-ring (bicyclic) bond motifs is 1. The van der Waals surface area contributed by atoms with E-state index in [4.69, 9.17) is 4.74 Å². The molecule has 2 heterocycles. The molecule has 0 radical (unpaired) electrons. The Kier molecular flexibility index (Phi) is 5.84. The molecule has 1 atom stereocenters. The summed E-state index contributed by atoms with van der Waals surface area (Å²) in [5.41, 5.74) is 1.65. The Bertz CT molecular complexity index is 755. The van der Waals surface area contributed by atoms with Gasteiger partial charge in [-0.05, 0) is 35.2 Å². The van der Waals surface area contributed by atoms with Crippen LogP contribution in [0.15, 0.2) is 47.5 Å². The van der Waals surface area contributed by atoms with Gasteiger partial charge in [-0.1, -0.05) is 36.4 Å². The molecular weight excluding hydrogens is 425 g/mol. The minimum absolute atomic E-state index is 0. The fraction of sp³-hybridized carbons (Fsp3) is 0.450. The lowest BCUT2D eigenvalue weighted by atomic mass is 9.87. The number of aliphatic imine (C=N–C) groups is 1. The Morgan fingerprint density at radius 3 is 2.80 bits per heavy atom. The van der Waals surface area contributed by atoms with Gasteiger partial charge in [0.1, 0.15) is 0 Å². The summed E-state index contributed by atoms with van der Waals surface area (Å²) in [6.45, 7) is 4.75. The average Bonchev–Trinajstić information content (AvgIpc) is 3.26. The molecule has 2 aliphatic rings. The van der Waals surface area contributed by atoms with Crippen LogP contribution in [0, 0.1) is 5.41 Å². The van der Waals surface area contributed by atoms with Crippen LogP contribution in [-0.4, -0.2) is 44.2 Å². The number of nitrogens with zero attached hydrogens (tertiary/aromatic N) is 2. The number of halogens is 1. The molecule has 1 unspecified atom stereocenters. The van der Waals surface area contributed by atoms with Gasteiger partial charge in [-0.2, -0.15) is 0 Å². The second-order valence-corrected chi connectivity index (χ2v) is 7.06. The first-order valence-corrected chi connectivity index (χ1v) is 8.79. The predicted molar refractivity (Wildman–Crippen MR) is 114 cm³/mol. The Labute approximate surface area is 166 Å². The van der Waals surface area contributed by atoms with Crippen molar-refractivity contribution in [2.45, 2.75) is 19.4 Å². The number of nitrogens with one attached hydrogen (secondary N) is 1. The standard InChI is InChI=1S/C20H25N3O.HI/c1-21-19(23-10-8-20(14-23)9-11-24-15-20)22-13-16-6-7-17-4-2-3-5-18(17)12-16;/h2-7,12H,8-11,13-15H2,1H3,(H,21,22);1H. The summed E-state index contributed by atoms with van der Waals surface area (Å²) in [6, 6.07) is 15.1. The molecule has 1 spiro atoms. The first-order valence-electron chi connectivity index (χ1n) is 8.79. The van der Waals surface area contributed by atoms with Crippen LogP contribution in [0.4, 0.5) is 0 Å². The van der Waals surface area contributed by atoms with Crippen molar-refractivity contribution in [2.75, 3.05) is 33.4 Å². The van der Waals surface area contributed by atoms with E-state index in [1.165, 1.54) is 29.2 Å². The number of guanidine groups is 1. The predicted octanol–water partition coefficient (Wildman–Crippen LogP) is 3.65. The molecule has 2 aromatic carbocycles. The first-order chi connectivity index (χ1) is 11.8. The number of likely N-dealkylation sites (tertiary alicyclic amines) is 1. The summed E-state index contributed by atoms with van der Waals surface area (Å²) in [7, 11) is 1.87. The lowest BCUT2D eigenvalue weighted by Gasteiger charge is -2.25. The van der Waals surface area contributed by atoms with Crippen LogP contribution in [-0.2, 0) is 11.3 Å². The molecule has 4 rings (SSSR count). The topological polar surface area (TPSA) is 36.9 Å². The minimum atomic E-state index is 0. The third kappa shape index (κ3) is 3.92. The van der Waals surface area contributed by atoms with Crippen LogP contribution in [0.5, 0.6) is 0 Å². The summed E-state index contributed by atoms with van der Waals surface area (Å²) >= 11 is 0. The molecule has 0 saturated carbocycles. The van der Waals surface area contributed by atoms with Crippen molar-refractivity contribution in [3.8, 4) is 0 Å². The van der Waals surface area contributed by atoms with E-state index in [1.807, 2.05) is 7.05 Å². The highest BCUT2D eigenvalue weighted by atomic mass is 127. The largest absolute Gasteiger partial charge is 0.381 e. The summed E-state index contributed by atoms with van der Waals surface area (Å²) < 4.78 is 5.63. The first kappa shape index (κ1) is 18.5. The second kappa shape index (κ2) is 7.91. The molecular formula is C20H26IN3O. The van der Waals surface area contributed by atoms with E-state index in [-0.39, 0.29) is 24.0 Å². The minimum Gasteiger partial charge on any atom is -0.381 e. The molecule has 0 amide bonds. The van der Waals surface area contributed by atoms with Gasteiger partial charge in [-0.25, -0.2) is 0 Å². The van der Waals surface area contributed by atoms with Crippen LogP contribution in [0.25, 0.3) is 10.8 Å². The van der Waals surface area contributed by atoms with E-state index < -0.39 is 0 Å². The van der Waals surface area contributed by atoms with Gasteiger partial charge in [-0.3, -0.25) is 4.99 Å². The maximum Gasteiger partial charge on any atom is 0.193 e. The van der Waals surface area contributed by atoms with Crippen LogP contribution >= 0.6 is 24.0 Å². The monoisotopic (exact) mass is 451 g/mol. The van der Waals surface area contributed by atoms with Gasteiger partial charge in [0.25, 0.3) is 0 Å². The lowest BCUT2D eigenvalue weighted by molar-refractivity contribution is 0.156. The van der Waals surface area contributed by atoms with Crippen molar-refractivity contribution in [3.05, 3.63) is 48.0 Å². The SMILES string of the molecule is CN=C(NCc1ccc2ccccc2c1)N1CCC2(CCOC2)C1.I. The molecule has 0 bridgehead atoms. The maximum absolute atomic E-state index is 5.63. The number of benzene rings is 2. The van der Waals surface area contributed by atoms with Gasteiger partial charge in [0.15, 0.2) is 5.96 Å². The van der Waals surface area contributed by atoms with Gasteiger partial charge in [0.05, 0.1) is 6.61 Å². The molecule has 4 nitrogen and oxygen atoms in total. The quantitative estimate of drug-likeness (QED) is 0.431. The Hall–Kier alpha value is -1.34. The molecule has 5 heteroatoms. The van der Waals surface area contributed by atoms with Crippen LogP contribution in [0.2, 0.25) is 0 Å². The molecule has 25 heavy (non-hydrogen) atoms. The molecule has 2 fully saturated rings. The van der Waals surface area contributed by atoms with E-state index in [0.29, 0.717) is 5.41 Å². The molecule has 2 aliphatic heterocycles. The fourth-order valence-electron chi connectivity index (χ4n) is 3.95. The van der Waals surface area contributed by atoms with E-state index in [0.717, 1.165) is 38.8 Å². The van der Waals surface area contributed by atoms with E-state index in [9.17, 15) is 0 Å². The Morgan fingerprint density at radius 2 is 2.04 bits per heavy atom. The van der Waals surface area contributed by atoms with Gasteiger partial charge in [-0.15, -0.1) is 24.0 Å². The van der Waals surface area contributed by atoms with Crippen molar-refractivity contribution in [1.29, 1.82) is 0 Å². The number of hydrogen-bond acceptors (Lipinski definition) is 2. The van der Waals surface area contributed by atoms with E-state index in [2.05, 4.69) is 57.7 Å². The van der Waals surface area contributed by atoms with Crippen molar-refractivity contribution in [1.82, 2.24) is 10.2 Å². The molecule has 2 aromatic rings. The zero-order valence-corrected chi connectivity index (χ0v) is 17.0. The molecule has 0 aromatic heterocycles.